The molecule has 156 valence electrons. The van der Waals surface area contributed by atoms with Gasteiger partial charge in [0.15, 0.2) is 17.3 Å². The van der Waals surface area contributed by atoms with Crippen LogP contribution in [0.2, 0.25) is 0 Å². The van der Waals surface area contributed by atoms with Crippen LogP contribution in [0, 0.1) is 11.8 Å². The molecule has 2 aliphatic rings. The fourth-order valence-corrected chi connectivity index (χ4v) is 4.95. The Morgan fingerprint density at radius 1 is 1.17 bits per heavy atom. The average Bonchev–Trinajstić information content (AvgIpc) is 2.61. The molecule has 1 fully saturated rings. The Balaban J connectivity index is 2.38. The number of Topliss-reactive ketones (excluding diaryl/α,β-unsaturated/α-hetero) is 1. The molecule has 0 aromatic heterocycles. The van der Waals surface area contributed by atoms with Gasteiger partial charge in [-0.1, -0.05) is 39.8 Å². The molecule has 0 saturated heterocycles. The van der Waals surface area contributed by atoms with Crippen molar-refractivity contribution >= 4 is 17.7 Å². The van der Waals surface area contributed by atoms with Crippen molar-refractivity contribution < 1.29 is 23.9 Å². The van der Waals surface area contributed by atoms with Gasteiger partial charge in [0.05, 0.1) is 0 Å². The third kappa shape index (κ3) is 3.52. The van der Waals surface area contributed by atoms with E-state index in [4.69, 9.17) is 9.47 Å². The van der Waals surface area contributed by atoms with E-state index in [9.17, 15) is 14.4 Å². The molecule has 5 heteroatoms. The molecule has 0 bridgehead atoms. The molecule has 2 aliphatic carbocycles. The molecule has 3 atom stereocenters. The van der Waals surface area contributed by atoms with Crippen molar-refractivity contribution in [1.29, 1.82) is 0 Å². The Bertz CT molecular complexity index is 910. The van der Waals surface area contributed by atoms with Crippen molar-refractivity contribution in [1.82, 2.24) is 0 Å². The van der Waals surface area contributed by atoms with Gasteiger partial charge >= 0.3 is 11.9 Å². The largest absolute Gasteiger partial charge is 0.422 e. The van der Waals surface area contributed by atoms with E-state index in [2.05, 4.69) is 20.4 Å². The van der Waals surface area contributed by atoms with Crippen LogP contribution in [0.5, 0.6) is 11.5 Å². The van der Waals surface area contributed by atoms with E-state index in [1.807, 2.05) is 19.9 Å². The summed E-state index contributed by atoms with van der Waals surface area (Å²) in [4.78, 5) is 37.1. The van der Waals surface area contributed by atoms with Gasteiger partial charge < -0.3 is 9.47 Å². The lowest BCUT2D eigenvalue weighted by molar-refractivity contribution is -0.134. The zero-order valence-corrected chi connectivity index (χ0v) is 18.2. The molecule has 5 nitrogen and oxygen atoms in total. The summed E-state index contributed by atoms with van der Waals surface area (Å²) in [6, 6.07) is 1.83. The molecule has 1 aromatic carbocycles. The molecule has 3 unspecified atom stereocenters. The van der Waals surface area contributed by atoms with E-state index in [-0.39, 0.29) is 29.1 Å². The smallest absolute Gasteiger partial charge is 0.308 e. The number of ketones is 1. The molecule has 0 amide bonds. The van der Waals surface area contributed by atoms with Crippen molar-refractivity contribution in [3.63, 3.8) is 0 Å². The van der Waals surface area contributed by atoms with E-state index in [1.165, 1.54) is 13.8 Å². The van der Waals surface area contributed by atoms with Crippen molar-refractivity contribution in [2.45, 2.75) is 72.1 Å². The monoisotopic (exact) mass is 398 g/mol. The van der Waals surface area contributed by atoms with Gasteiger partial charge in [0.25, 0.3) is 0 Å². The average molecular weight is 398 g/mol. The molecular formula is C24H30O5. The topological polar surface area (TPSA) is 69.7 Å². The summed E-state index contributed by atoms with van der Waals surface area (Å²) in [5, 5.41) is 0. The van der Waals surface area contributed by atoms with Crippen LogP contribution in [0.25, 0.3) is 0 Å². The Morgan fingerprint density at radius 2 is 1.76 bits per heavy atom. The van der Waals surface area contributed by atoms with Crippen LogP contribution >= 0.6 is 0 Å². The van der Waals surface area contributed by atoms with Crippen molar-refractivity contribution in [3.05, 3.63) is 34.9 Å². The first-order chi connectivity index (χ1) is 13.5. The summed E-state index contributed by atoms with van der Waals surface area (Å²) in [7, 11) is 0. The Morgan fingerprint density at radius 3 is 2.31 bits per heavy atom. The fraction of sp³-hybridized carbons (Fsp3) is 0.542. The van der Waals surface area contributed by atoms with Gasteiger partial charge in [0, 0.05) is 42.4 Å². The number of fused-ring (bicyclic) bond motifs is 3. The highest BCUT2D eigenvalue weighted by Gasteiger charge is 2.50. The first kappa shape index (κ1) is 21.3. The number of hydrogen-bond donors (Lipinski definition) is 0. The highest BCUT2D eigenvalue weighted by atomic mass is 16.6. The lowest BCUT2D eigenvalue weighted by Crippen LogP contribution is -2.45. The van der Waals surface area contributed by atoms with Gasteiger partial charge in [0.2, 0.25) is 0 Å². The second-order valence-electron chi connectivity index (χ2n) is 9.00. The number of rotatable bonds is 3. The maximum Gasteiger partial charge on any atom is 0.308 e. The van der Waals surface area contributed by atoms with E-state index < -0.39 is 17.4 Å². The maximum atomic E-state index is 13.2. The third-order valence-electron chi connectivity index (χ3n) is 6.59. The zero-order chi connectivity index (χ0) is 21.7. The molecule has 29 heavy (non-hydrogen) atoms. The van der Waals surface area contributed by atoms with Crippen molar-refractivity contribution in [2.24, 2.45) is 11.8 Å². The minimum absolute atomic E-state index is 0.0161. The molecule has 1 aromatic rings. The number of carbonyl (C=O) groups is 3. The molecule has 0 aliphatic heterocycles. The normalized spacial score (nSPS) is 26.0. The predicted molar refractivity (Wildman–Crippen MR) is 110 cm³/mol. The van der Waals surface area contributed by atoms with Crippen LogP contribution in [0.3, 0.4) is 0 Å². The summed E-state index contributed by atoms with van der Waals surface area (Å²) in [5.74, 6) is -0.241. The summed E-state index contributed by atoms with van der Waals surface area (Å²) >= 11 is 0. The standard InChI is InChI=1S/C24H30O5/c1-12(2)17-10-18-20(27)11-19-14(4)13(3)8-9-24(19,7)21(18)23(29-16(6)26)22(17)28-15(5)25/h10,12-13,19H,4,8-9,11H2,1-3,5-7H3. The van der Waals surface area contributed by atoms with Gasteiger partial charge in [-0.05, 0) is 36.7 Å². The lowest BCUT2D eigenvalue weighted by atomic mass is 9.54. The van der Waals surface area contributed by atoms with E-state index in [0.717, 1.165) is 18.4 Å². The first-order valence-corrected chi connectivity index (χ1v) is 10.3. The molecule has 0 N–H and O–H groups in total. The van der Waals surface area contributed by atoms with Crippen LogP contribution in [-0.2, 0) is 15.0 Å². The number of ether oxygens (including phenoxy) is 2. The van der Waals surface area contributed by atoms with Gasteiger partial charge in [-0.25, -0.2) is 0 Å². The second-order valence-corrected chi connectivity index (χ2v) is 9.00. The predicted octanol–water partition coefficient (Wildman–Crippen LogP) is 5.11. The fourth-order valence-electron chi connectivity index (χ4n) is 4.95. The van der Waals surface area contributed by atoms with Gasteiger partial charge in [-0.15, -0.1) is 0 Å². The number of esters is 2. The summed E-state index contributed by atoms with van der Waals surface area (Å²) in [5.41, 5.74) is 2.59. The third-order valence-corrected chi connectivity index (χ3v) is 6.59. The minimum Gasteiger partial charge on any atom is -0.422 e. The van der Waals surface area contributed by atoms with Crippen molar-refractivity contribution in [2.75, 3.05) is 0 Å². The highest BCUT2D eigenvalue weighted by molar-refractivity contribution is 6.02. The maximum absolute atomic E-state index is 13.2. The molecule has 0 radical (unpaired) electrons. The number of benzene rings is 1. The molecule has 0 heterocycles. The van der Waals surface area contributed by atoms with E-state index in [1.54, 1.807) is 0 Å². The van der Waals surface area contributed by atoms with Crippen LogP contribution in [0.1, 0.15) is 88.2 Å². The minimum atomic E-state index is -0.511. The quantitative estimate of drug-likeness (QED) is 0.402. The first-order valence-electron chi connectivity index (χ1n) is 10.3. The number of hydrogen-bond acceptors (Lipinski definition) is 5. The lowest BCUT2D eigenvalue weighted by Gasteiger charge is -2.49. The van der Waals surface area contributed by atoms with Crippen LogP contribution in [-0.4, -0.2) is 17.7 Å². The highest BCUT2D eigenvalue weighted by Crippen LogP contribution is 2.58. The van der Waals surface area contributed by atoms with Crippen LogP contribution in [0.4, 0.5) is 0 Å². The molecular weight excluding hydrogens is 368 g/mol. The number of allylic oxidation sites excluding steroid dienone is 1. The van der Waals surface area contributed by atoms with Crippen LogP contribution < -0.4 is 9.47 Å². The molecule has 3 rings (SSSR count). The van der Waals surface area contributed by atoms with E-state index >= 15 is 0 Å². The number of carbonyl (C=O) groups excluding carboxylic acids is 3. The summed E-state index contributed by atoms with van der Waals surface area (Å²) in [6.45, 7) is 15.1. The Labute approximate surface area is 172 Å². The molecule has 1 saturated carbocycles. The summed E-state index contributed by atoms with van der Waals surface area (Å²) < 4.78 is 11.2. The Hall–Kier alpha value is -2.43. The van der Waals surface area contributed by atoms with Crippen LogP contribution in [0.15, 0.2) is 18.2 Å². The van der Waals surface area contributed by atoms with Gasteiger partial charge in [0.1, 0.15) is 0 Å². The zero-order valence-electron chi connectivity index (χ0n) is 18.2. The SMILES string of the molecule is C=C1C(C)CCC2(C)c3c(cc(C(C)C)c(OC(C)=O)c3OC(C)=O)C(=O)CC12. The Kier molecular flexibility index (Phi) is 5.46. The van der Waals surface area contributed by atoms with Gasteiger partial charge in [-0.2, -0.15) is 0 Å². The van der Waals surface area contributed by atoms with E-state index in [0.29, 0.717) is 29.0 Å². The second kappa shape index (κ2) is 7.43. The van der Waals surface area contributed by atoms with Crippen molar-refractivity contribution in [3.8, 4) is 11.5 Å². The van der Waals surface area contributed by atoms with Gasteiger partial charge in [-0.3, -0.25) is 14.4 Å². The summed E-state index contributed by atoms with van der Waals surface area (Å²) in [6.07, 6.45) is 2.18. The molecule has 0 spiro atoms.